The predicted molar refractivity (Wildman–Crippen MR) is 69.3 cm³/mol. The summed E-state index contributed by atoms with van der Waals surface area (Å²) in [6, 6.07) is 0. The monoisotopic (exact) mass is 220 g/mol. The zero-order valence-electron chi connectivity index (χ0n) is 11.0. The third-order valence-electron chi connectivity index (χ3n) is 5.90. The van der Waals surface area contributed by atoms with E-state index in [2.05, 4.69) is 6.92 Å². The van der Waals surface area contributed by atoms with Gasteiger partial charge >= 0.3 is 0 Å². The number of hydrogen-bond donors (Lipinski definition) is 0. The van der Waals surface area contributed by atoms with Gasteiger partial charge in [0.2, 0.25) is 0 Å². The van der Waals surface area contributed by atoms with Gasteiger partial charge in [-0.15, -0.1) is 0 Å². The summed E-state index contributed by atoms with van der Waals surface area (Å²) >= 11 is 0. The largest absolute Gasteiger partial charge is 0.0625 e. The van der Waals surface area contributed by atoms with E-state index in [9.17, 15) is 0 Å². The Morgan fingerprint density at radius 3 is 2.19 bits per heavy atom. The molecule has 3 rings (SSSR count). The average Bonchev–Trinajstić information content (AvgIpc) is 2.70. The Hall–Kier alpha value is 0. The highest BCUT2D eigenvalue weighted by Gasteiger charge is 2.42. The summed E-state index contributed by atoms with van der Waals surface area (Å²) in [5, 5.41) is 0. The molecule has 16 heavy (non-hydrogen) atoms. The van der Waals surface area contributed by atoms with Gasteiger partial charge in [-0.05, 0) is 48.9 Å². The first-order chi connectivity index (χ1) is 7.84. The second kappa shape index (κ2) is 4.70. The number of rotatable bonds is 1. The van der Waals surface area contributed by atoms with Crippen LogP contribution in [0.4, 0.5) is 0 Å². The minimum absolute atomic E-state index is 1.04. The Morgan fingerprint density at radius 2 is 1.38 bits per heavy atom. The predicted octanol–water partition coefficient (Wildman–Crippen LogP) is 5.03. The summed E-state index contributed by atoms with van der Waals surface area (Å²) in [6.45, 7) is 2.50. The molecule has 0 spiro atoms. The zero-order valence-corrected chi connectivity index (χ0v) is 11.0. The first-order valence-corrected chi connectivity index (χ1v) is 7.84. The highest BCUT2D eigenvalue weighted by Crippen LogP contribution is 2.52. The van der Waals surface area contributed by atoms with Crippen LogP contribution in [0.25, 0.3) is 0 Å². The van der Waals surface area contributed by atoms with E-state index in [1.54, 1.807) is 44.9 Å². The first-order valence-electron chi connectivity index (χ1n) is 7.84. The van der Waals surface area contributed by atoms with E-state index in [4.69, 9.17) is 0 Å². The van der Waals surface area contributed by atoms with Crippen LogP contribution in [-0.4, -0.2) is 0 Å². The summed E-state index contributed by atoms with van der Waals surface area (Å²) in [6.07, 6.45) is 15.6. The standard InChI is InChI=1S/C16H28/c1-12-10-14-8-5-9-15(16(14)11-12)13-6-3-2-4-7-13/h12-16H,2-11H2,1H3. The smallest absolute Gasteiger partial charge is 0.0352 e. The number of hydrogen-bond acceptors (Lipinski definition) is 0. The first kappa shape index (κ1) is 11.1. The molecule has 0 aliphatic heterocycles. The van der Waals surface area contributed by atoms with Crippen molar-refractivity contribution in [3.05, 3.63) is 0 Å². The quantitative estimate of drug-likeness (QED) is 0.581. The highest BCUT2D eigenvalue weighted by molar-refractivity contribution is 4.92. The van der Waals surface area contributed by atoms with Crippen molar-refractivity contribution in [3.8, 4) is 0 Å². The van der Waals surface area contributed by atoms with E-state index in [-0.39, 0.29) is 0 Å². The molecule has 4 atom stereocenters. The van der Waals surface area contributed by atoms with Crippen LogP contribution in [-0.2, 0) is 0 Å². The van der Waals surface area contributed by atoms with Gasteiger partial charge in [0.25, 0.3) is 0 Å². The molecule has 0 heteroatoms. The molecule has 0 heterocycles. The van der Waals surface area contributed by atoms with Gasteiger partial charge in [0.15, 0.2) is 0 Å². The van der Waals surface area contributed by atoms with Crippen LogP contribution >= 0.6 is 0 Å². The molecule has 3 aliphatic carbocycles. The van der Waals surface area contributed by atoms with Gasteiger partial charge in [0.05, 0.1) is 0 Å². The van der Waals surface area contributed by atoms with E-state index >= 15 is 0 Å². The van der Waals surface area contributed by atoms with Crippen LogP contribution in [0.15, 0.2) is 0 Å². The molecular weight excluding hydrogens is 192 g/mol. The van der Waals surface area contributed by atoms with Gasteiger partial charge in [-0.2, -0.15) is 0 Å². The van der Waals surface area contributed by atoms with E-state index in [0.717, 1.165) is 29.6 Å². The fourth-order valence-electron chi connectivity index (χ4n) is 5.28. The SMILES string of the molecule is CC1CC2CCCC(C3CCCCC3)C2C1. The van der Waals surface area contributed by atoms with E-state index in [0.29, 0.717) is 0 Å². The molecule has 92 valence electrons. The minimum atomic E-state index is 1.04. The molecule has 0 radical (unpaired) electrons. The molecular formula is C16H28. The zero-order chi connectivity index (χ0) is 11.0. The Kier molecular flexibility index (Phi) is 3.27. The summed E-state index contributed by atoms with van der Waals surface area (Å²) < 4.78 is 0. The van der Waals surface area contributed by atoms with Crippen molar-refractivity contribution >= 4 is 0 Å². The van der Waals surface area contributed by atoms with Gasteiger partial charge < -0.3 is 0 Å². The molecule has 0 aromatic carbocycles. The van der Waals surface area contributed by atoms with E-state index in [1.165, 1.54) is 19.3 Å². The Balaban J connectivity index is 1.68. The van der Waals surface area contributed by atoms with Gasteiger partial charge in [-0.1, -0.05) is 51.9 Å². The molecule has 3 aliphatic rings. The van der Waals surface area contributed by atoms with Crippen LogP contribution in [0.2, 0.25) is 0 Å². The van der Waals surface area contributed by atoms with Crippen LogP contribution in [0.5, 0.6) is 0 Å². The van der Waals surface area contributed by atoms with Crippen LogP contribution in [0.3, 0.4) is 0 Å². The summed E-state index contributed by atoms with van der Waals surface area (Å²) in [7, 11) is 0. The third-order valence-corrected chi connectivity index (χ3v) is 5.90. The van der Waals surface area contributed by atoms with Crippen molar-refractivity contribution in [1.29, 1.82) is 0 Å². The lowest BCUT2D eigenvalue weighted by Crippen LogP contribution is -2.31. The third kappa shape index (κ3) is 2.05. The Labute approximate surface area is 101 Å². The summed E-state index contributed by atoms with van der Waals surface area (Å²) in [4.78, 5) is 0. The summed E-state index contributed by atoms with van der Waals surface area (Å²) in [5.41, 5.74) is 0. The van der Waals surface area contributed by atoms with Crippen molar-refractivity contribution in [2.24, 2.45) is 29.6 Å². The van der Waals surface area contributed by atoms with E-state index in [1.807, 2.05) is 0 Å². The fraction of sp³-hybridized carbons (Fsp3) is 1.00. The molecule has 4 unspecified atom stereocenters. The van der Waals surface area contributed by atoms with Gasteiger partial charge in [-0.3, -0.25) is 0 Å². The molecule has 3 saturated carbocycles. The van der Waals surface area contributed by atoms with Crippen LogP contribution < -0.4 is 0 Å². The molecule has 0 saturated heterocycles. The maximum atomic E-state index is 2.50. The molecule has 0 N–H and O–H groups in total. The maximum absolute atomic E-state index is 2.50. The lowest BCUT2D eigenvalue weighted by molar-refractivity contribution is 0.0986. The molecule has 0 aromatic heterocycles. The average molecular weight is 220 g/mol. The Morgan fingerprint density at radius 1 is 0.625 bits per heavy atom. The molecule has 3 fully saturated rings. The topological polar surface area (TPSA) is 0 Å². The lowest BCUT2D eigenvalue weighted by atomic mass is 9.65. The van der Waals surface area contributed by atoms with Gasteiger partial charge in [0.1, 0.15) is 0 Å². The van der Waals surface area contributed by atoms with Gasteiger partial charge in [0, 0.05) is 0 Å². The lowest BCUT2D eigenvalue weighted by Gasteiger charge is -2.40. The fourth-order valence-corrected chi connectivity index (χ4v) is 5.28. The van der Waals surface area contributed by atoms with E-state index < -0.39 is 0 Å². The van der Waals surface area contributed by atoms with Crippen molar-refractivity contribution in [3.63, 3.8) is 0 Å². The Bertz CT molecular complexity index is 226. The second-order valence-corrected chi connectivity index (χ2v) is 6.99. The van der Waals surface area contributed by atoms with Crippen molar-refractivity contribution in [2.45, 2.75) is 71.1 Å². The number of fused-ring (bicyclic) bond motifs is 1. The van der Waals surface area contributed by atoms with Crippen molar-refractivity contribution in [2.75, 3.05) is 0 Å². The van der Waals surface area contributed by atoms with Crippen LogP contribution in [0, 0.1) is 29.6 Å². The maximum Gasteiger partial charge on any atom is -0.0352 e. The van der Waals surface area contributed by atoms with Crippen molar-refractivity contribution in [1.82, 2.24) is 0 Å². The molecule has 0 aromatic rings. The summed E-state index contributed by atoms with van der Waals surface area (Å²) in [5.74, 6) is 5.59. The van der Waals surface area contributed by atoms with Gasteiger partial charge in [-0.25, -0.2) is 0 Å². The molecule has 0 bridgehead atoms. The molecule has 0 amide bonds. The highest BCUT2D eigenvalue weighted by atomic mass is 14.5. The second-order valence-electron chi connectivity index (χ2n) is 6.99. The van der Waals surface area contributed by atoms with Crippen molar-refractivity contribution < 1.29 is 0 Å². The van der Waals surface area contributed by atoms with Crippen LogP contribution in [0.1, 0.15) is 71.1 Å². The minimum Gasteiger partial charge on any atom is -0.0625 e. The molecule has 0 nitrogen and oxygen atoms in total. The normalized spacial score (nSPS) is 45.6.